The zero-order valence-corrected chi connectivity index (χ0v) is 15.8. The van der Waals surface area contributed by atoms with E-state index in [-0.39, 0.29) is 34.4 Å². The Labute approximate surface area is 176 Å². The number of hydrogen-bond acceptors (Lipinski definition) is 7. The van der Waals surface area contributed by atoms with Gasteiger partial charge in [0.25, 0.3) is 5.71 Å². The third kappa shape index (κ3) is 4.43. The van der Waals surface area contributed by atoms with Crippen molar-refractivity contribution in [2.45, 2.75) is 6.18 Å². The lowest BCUT2D eigenvalue weighted by molar-refractivity contribution is -0.143. The highest BCUT2D eigenvalue weighted by Gasteiger charge is 2.35. The molecule has 0 spiro atoms. The van der Waals surface area contributed by atoms with E-state index in [0.717, 1.165) is 6.07 Å². The third-order valence-corrected chi connectivity index (χ3v) is 4.05. The Morgan fingerprint density at radius 2 is 1.88 bits per heavy atom. The quantitative estimate of drug-likeness (QED) is 0.422. The second-order valence-corrected chi connectivity index (χ2v) is 6.29. The minimum Gasteiger partial charge on any atom is -0.481 e. The molecule has 0 radical (unpaired) electrons. The molecule has 0 aliphatic rings. The Morgan fingerprint density at radius 1 is 1.09 bits per heavy atom. The number of fused-ring (bicyclic) bond motifs is 1. The summed E-state index contributed by atoms with van der Waals surface area (Å²) < 4.78 is 69.4. The van der Waals surface area contributed by atoms with Crippen LogP contribution in [0.3, 0.4) is 0 Å². The molecule has 8 nitrogen and oxygen atoms in total. The number of rotatable bonds is 6. The van der Waals surface area contributed by atoms with Crippen molar-refractivity contribution in [3.05, 3.63) is 60.0 Å². The minimum atomic E-state index is -4.82. The summed E-state index contributed by atoms with van der Waals surface area (Å²) in [5.74, 6) is -3.04. The van der Waals surface area contributed by atoms with Crippen LogP contribution in [0.4, 0.5) is 17.6 Å². The van der Waals surface area contributed by atoms with E-state index in [2.05, 4.69) is 15.0 Å². The smallest absolute Gasteiger partial charge is 0.419 e. The Bertz CT molecular complexity index is 1310. The van der Waals surface area contributed by atoms with Crippen molar-refractivity contribution < 1.29 is 41.4 Å². The number of hydrogen-bond donors (Lipinski definition) is 1. The van der Waals surface area contributed by atoms with Crippen LogP contribution in [0.1, 0.15) is 5.56 Å². The number of carboxylic acid groups (broad SMARTS) is 1. The van der Waals surface area contributed by atoms with Crippen molar-refractivity contribution >= 4 is 17.2 Å². The summed E-state index contributed by atoms with van der Waals surface area (Å²) in [6.45, 7) is -0.939. The van der Waals surface area contributed by atoms with E-state index in [4.69, 9.17) is 19.0 Å². The molecule has 2 aromatic carbocycles. The Morgan fingerprint density at radius 3 is 2.59 bits per heavy atom. The summed E-state index contributed by atoms with van der Waals surface area (Å²) in [5.41, 5.74) is -1.23. The highest BCUT2D eigenvalue weighted by Crippen LogP contribution is 2.39. The number of nitrogens with zero attached hydrogens (tertiary/aromatic N) is 3. The second-order valence-electron chi connectivity index (χ2n) is 6.29. The monoisotopic (exact) mass is 449 g/mol. The molecule has 0 aliphatic heterocycles. The molecule has 0 fully saturated rings. The molecule has 164 valence electrons. The number of carbonyl (C=O) groups is 1. The van der Waals surface area contributed by atoms with Gasteiger partial charge in [0, 0.05) is 5.56 Å². The Kier molecular flexibility index (Phi) is 5.34. The molecule has 1 N–H and O–H groups in total. The van der Waals surface area contributed by atoms with Gasteiger partial charge in [0.05, 0.1) is 11.8 Å². The van der Waals surface area contributed by atoms with Gasteiger partial charge in [-0.3, -0.25) is 0 Å². The summed E-state index contributed by atoms with van der Waals surface area (Å²) in [4.78, 5) is 22.5. The van der Waals surface area contributed by atoms with Crippen molar-refractivity contribution in [3.8, 4) is 29.0 Å². The number of carboxylic acids is 1. The average Bonchev–Trinajstić information content (AvgIpc) is 3.16. The van der Waals surface area contributed by atoms with E-state index in [9.17, 15) is 22.4 Å². The van der Waals surface area contributed by atoms with Gasteiger partial charge < -0.3 is 19.0 Å². The number of halogens is 4. The fourth-order valence-electron chi connectivity index (χ4n) is 2.67. The van der Waals surface area contributed by atoms with Gasteiger partial charge in [-0.1, -0.05) is 12.1 Å². The third-order valence-electron chi connectivity index (χ3n) is 4.05. The van der Waals surface area contributed by atoms with Gasteiger partial charge >= 0.3 is 18.2 Å². The summed E-state index contributed by atoms with van der Waals surface area (Å²) >= 11 is 0. The fourth-order valence-corrected chi connectivity index (χ4v) is 2.67. The van der Waals surface area contributed by atoms with Gasteiger partial charge in [-0.25, -0.2) is 19.2 Å². The minimum absolute atomic E-state index is 0.0606. The highest BCUT2D eigenvalue weighted by molar-refractivity contribution is 5.73. The summed E-state index contributed by atoms with van der Waals surface area (Å²) in [6, 6.07) is 8.22. The first kappa shape index (κ1) is 21.0. The number of ether oxygens (including phenoxy) is 2. The number of oxazole rings is 1. The SMILES string of the molecule is O=C(O)COc1ccc(-c2nc3cnc(Oc4ccccc4F)nc3o2)cc1C(F)(F)F. The molecule has 0 aliphatic carbocycles. The maximum absolute atomic E-state index is 13.7. The summed E-state index contributed by atoms with van der Waals surface area (Å²) in [6.07, 6.45) is -3.61. The van der Waals surface area contributed by atoms with Crippen LogP contribution >= 0.6 is 0 Å². The van der Waals surface area contributed by atoms with Crippen molar-refractivity contribution in [2.24, 2.45) is 0 Å². The summed E-state index contributed by atoms with van der Waals surface area (Å²) in [5, 5.41) is 8.64. The van der Waals surface area contributed by atoms with Crippen LogP contribution in [0.5, 0.6) is 17.5 Å². The standard InChI is InChI=1S/C20H11F4N3O5/c21-12-3-1-2-4-15(12)31-19-25-8-13-18(27-19)32-17(26-13)10-5-6-14(30-9-16(28)29)11(7-10)20(22,23)24/h1-8H,9H2,(H,28,29). The van der Waals surface area contributed by atoms with Gasteiger partial charge in [-0.15, -0.1) is 0 Å². The van der Waals surface area contributed by atoms with Crippen molar-refractivity contribution in [1.82, 2.24) is 15.0 Å². The molecule has 0 bridgehead atoms. The molecule has 4 aromatic rings. The van der Waals surface area contributed by atoms with Crippen molar-refractivity contribution in [1.29, 1.82) is 0 Å². The predicted octanol–water partition coefficient (Wildman–Crippen LogP) is 4.70. The molecule has 0 amide bonds. The van der Waals surface area contributed by atoms with Gasteiger partial charge in [-0.2, -0.15) is 18.2 Å². The topological polar surface area (TPSA) is 108 Å². The zero-order chi connectivity index (χ0) is 22.9. The Balaban J connectivity index is 1.67. The largest absolute Gasteiger partial charge is 0.481 e. The number of alkyl halides is 3. The van der Waals surface area contributed by atoms with Gasteiger partial charge in [0.1, 0.15) is 11.3 Å². The molecule has 2 aromatic heterocycles. The van der Waals surface area contributed by atoms with Crippen LogP contribution in [-0.2, 0) is 11.0 Å². The molecular weight excluding hydrogens is 438 g/mol. The lowest BCUT2D eigenvalue weighted by atomic mass is 10.1. The molecule has 4 rings (SSSR count). The van der Waals surface area contributed by atoms with E-state index in [1.807, 2.05) is 0 Å². The van der Waals surface area contributed by atoms with Crippen LogP contribution in [0, 0.1) is 5.82 Å². The molecule has 0 unspecified atom stereocenters. The van der Waals surface area contributed by atoms with Gasteiger partial charge in [0.15, 0.2) is 18.2 Å². The van der Waals surface area contributed by atoms with E-state index in [1.54, 1.807) is 6.07 Å². The first-order valence-electron chi connectivity index (χ1n) is 8.83. The van der Waals surface area contributed by atoms with Crippen molar-refractivity contribution in [3.63, 3.8) is 0 Å². The number of aromatic nitrogens is 3. The molecule has 0 saturated carbocycles. The van der Waals surface area contributed by atoms with Crippen LogP contribution in [0.2, 0.25) is 0 Å². The van der Waals surface area contributed by atoms with E-state index < -0.39 is 35.9 Å². The maximum atomic E-state index is 13.7. The normalized spacial score (nSPS) is 11.5. The molecule has 12 heteroatoms. The number of aliphatic carboxylic acids is 1. The summed E-state index contributed by atoms with van der Waals surface area (Å²) in [7, 11) is 0. The van der Waals surface area contributed by atoms with Crippen molar-refractivity contribution in [2.75, 3.05) is 6.61 Å². The lowest BCUT2D eigenvalue weighted by Crippen LogP contribution is -2.14. The lowest BCUT2D eigenvalue weighted by Gasteiger charge is -2.13. The van der Waals surface area contributed by atoms with Crippen LogP contribution in [0.15, 0.2) is 53.1 Å². The Hall–Kier alpha value is -4.22. The molecule has 32 heavy (non-hydrogen) atoms. The number of benzene rings is 2. The highest BCUT2D eigenvalue weighted by atomic mass is 19.4. The number of para-hydroxylation sites is 1. The molecule has 0 atom stereocenters. The molecule has 2 heterocycles. The van der Waals surface area contributed by atoms with Crippen LogP contribution in [0.25, 0.3) is 22.7 Å². The fraction of sp³-hybridized carbons (Fsp3) is 0.100. The van der Waals surface area contributed by atoms with E-state index >= 15 is 0 Å². The van der Waals surface area contributed by atoms with E-state index in [1.165, 1.54) is 30.5 Å². The van der Waals surface area contributed by atoms with Gasteiger partial charge in [-0.05, 0) is 30.3 Å². The average molecular weight is 449 g/mol. The van der Waals surface area contributed by atoms with Crippen LogP contribution < -0.4 is 9.47 Å². The first-order valence-corrected chi connectivity index (χ1v) is 8.83. The van der Waals surface area contributed by atoms with Crippen LogP contribution in [-0.4, -0.2) is 32.6 Å². The molecular formula is C20H11F4N3O5. The second kappa shape index (κ2) is 8.13. The predicted molar refractivity (Wildman–Crippen MR) is 99.6 cm³/mol. The first-order chi connectivity index (χ1) is 15.2. The molecule has 0 saturated heterocycles. The maximum Gasteiger partial charge on any atom is 0.419 e. The van der Waals surface area contributed by atoms with Gasteiger partial charge in [0.2, 0.25) is 5.89 Å². The van der Waals surface area contributed by atoms with E-state index in [0.29, 0.717) is 6.07 Å². The zero-order valence-electron chi connectivity index (χ0n) is 15.8.